The number of rotatable bonds is 9. The molecular weight excluding hydrogens is 454 g/mol. The van der Waals surface area contributed by atoms with Gasteiger partial charge in [-0.25, -0.2) is 4.79 Å². The van der Waals surface area contributed by atoms with Crippen LogP contribution in [0.5, 0.6) is 17.2 Å². The molecule has 34 heavy (non-hydrogen) atoms. The number of nitrogens with one attached hydrogen (secondary N) is 1. The Bertz CT molecular complexity index is 1210. The number of hydrogen-bond donors (Lipinski definition) is 1. The number of esters is 1. The van der Waals surface area contributed by atoms with Gasteiger partial charge < -0.3 is 24.3 Å². The van der Waals surface area contributed by atoms with Crippen molar-refractivity contribution in [3.8, 4) is 28.4 Å². The molecule has 2 aromatic carbocycles. The number of aryl methyl sites for hydroxylation is 1. The van der Waals surface area contributed by atoms with E-state index in [2.05, 4.69) is 5.32 Å². The van der Waals surface area contributed by atoms with Crippen molar-refractivity contribution in [3.63, 3.8) is 0 Å². The van der Waals surface area contributed by atoms with Gasteiger partial charge >= 0.3 is 5.97 Å². The van der Waals surface area contributed by atoms with E-state index in [4.69, 9.17) is 18.9 Å². The summed E-state index contributed by atoms with van der Waals surface area (Å²) in [5.74, 6) is 0.886. The minimum atomic E-state index is -0.513. The molecule has 8 heteroatoms. The number of ether oxygens (including phenoxy) is 4. The van der Waals surface area contributed by atoms with Crippen molar-refractivity contribution in [1.82, 2.24) is 0 Å². The Labute approximate surface area is 202 Å². The van der Waals surface area contributed by atoms with Crippen LogP contribution in [0.15, 0.2) is 47.9 Å². The molecule has 1 N–H and O–H groups in total. The molecule has 0 fully saturated rings. The van der Waals surface area contributed by atoms with Crippen LogP contribution in [0.4, 0.5) is 5.00 Å². The Morgan fingerprint density at radius 1 is 0.941 bits per heavy atom. The standard InChI is InChI=1S/C26H27NO6S/c1-6-33-26(29)24-19(18-13-16(2)7-10-20(18)30-3)15-34-25(24)27-23(28)12-9-17-8-11-21(31-4)22(14-17)32-5/h7-15H,6H2,1-5H3,(H,27,28)/b12-9+. The van der Waals surface area contributed by atoms with Crippen molar-refractivity contribution >= 4 is 34.3 Å². The molecule has 0 unspecified atom stereocenters. The van der Waals surface area contributed by atoms with Gasteiger partial charge in [0, 0.05) is 22.6 Å². The molecule has 0 aliphatic heterocycles. The number of carbonyl (C=O) groups is 2. The Morgan fingerprint density at radius 3 is 2.32 bits per heavy atom. The normalized spacial score (nSPS) is 10.7. The molecule has 3 rings (SSSR count). The first-order valence-electron chi connectivity index (χ1n) is 10.6. The highest BCUT2D eigenvalue weighted by Crippen LogP contribution is 2.40. The fourth-order valence-corrected chi connectivity index (χ4v) is 4.32. The zero-order valence-electron chi connectivity index (χ0n) is 19.8. The van der Waals surface area contributed by atoms with Crippen LogP contribution < -0.4 is 19.5 Å². The number of thiophene rings is 1. The van der Waals surface area contributed by atoms with Crippen molar-refractivity contribution in [1.29, 1.82) is 0 Å². The van der Waals surface area contributed by atoms with Gasteiger partial charge in [0.25, 0.3) is 0 Å². The number of amides is 1. The maximum atomic E-state index is 12.8. The smallest absolute Gasteiger partial charge is 0.341 e. The largest absolute Gasteiger partial charge is 0.496 e. The van der Waals surface area contributed by atoms with Gasteiger partial charge in [0.2, 0.25) is 5.91 Å². The average Bonchev–Trinajstić information content (AvgIpc) is 3.25. The summed E-state index contributed by atoms with van der Waals surface area (Å²) in [7, 11) is 4.68. The first-order valence-corrected chi connectivity index (χ1v) is 11.4. The highest BCUT2D eigenvalue weighted by Gasteiger charge is 2.24. The van der Waals surface area contributed by atoms with Gasteiger partial charge in [0.15, 0.2) is 11.5 Å². The van der Waals surface area contributed by atoms with E-state index < -0.39 is 5.97 Å². The predicted molar refractivity (Wildman–Crippen MR) is 134 cm³/mol. The van der Waals surface area contributed by atoms with Gasteiger partial charge in [0.05, 0.1) is 27.9 Å². The van der Waals surface area contributed by atoms with E-state index >= 15 is 0 Å². The van der Waals surface area contributed by atoms with Crippen molar-refractivity contribution < 1.29 is 28.5 Å². The Hall–Kier alpha value is -3.78. The Balaban J connectivity index is 1.91. The second kappa shape index (κ2) is 11.4. The molecular formula is C26H27NO6S. The van der Waals surface area contributed by atoms with E-state index in [1.54, 1.807) is 46.5 Å². The van der Waals surface area contributed by atoms with Gasteiger partial charge in [-0.2, -0.15) is 0 Å². The topological polar surface area (TPSA) is 83.1 Å². The molecule has 0 aliphatic carbocycles. The Morgan fingerprint density at radius 2 is 1.65 bits per heavy atom. The van der Waals surface area contributed by atoms with Crippen LogP contribution in [0.25, 0.3) is 17.2 Å². The number of methoxy groups -OCH3 is 3. The van der Waals surface area contributed by atoms with Crippen LogP contribution in [0.2, 0.25) is 0 Å². The summed E-state index contributed by atoms with van der Waals surface area (Å²) in [6.45, 7) is 3.91. The molecule has 0 saturated heterocycles. The quantitative estimate of drug-likeness (QED) is 0.317. The molecule has 0 atom stereocenters. The Kier molecular flexibility index (Phi) is 8.32. The lowest BCUT2D eigenvalue weighted by atomic mass is 10.0. The fraction of sp³-hybridized carbons (Fsp3) is 0.231. The van der Waals surface area contributed by atoms with Crippen LogP contribution in [0.3, 0.4) is 0 Å². The van der Waals surface area contributed by atoms with Gasteiger partial charge in [-0.05, 0) is 49.8 Å². The van der Waals surface area contributed by atoms with Gasteiger partial charge in [-0.1, -0.05) is 17.7 Å². The molecule has 3 aromatic rings. The van der Waals surface area contributed by atoms with Crippen LogP contribution in [-0.2, 0) is 9.53 Å². The monoisotopic (exact) mass is 481 g/mol. The summed E-state index contributed by atoms with van der Waals surface area (Å²) < 4.78 is 21.3. The lowest BCUT2D eigenvalue weighted by molar-refractivity contribution is -0.111. The molecule has 1 amide bonds. The van der Waals surface area contributed by atoms with E-state index in [-0.39, 0.29) is 12.5 Å². The first-order chi connectivity index (χ1) is 16.4. The van der Waals surface area contributed by atoms with E-state index in [1.165, 1.54) is 17.4 Å². The molecule has 178 valence electrons. The number of hydrogen-bond acceptors (Lipinski definition) is 7. The van der Waals surface area contributed by atoms with E-state index in [0.29, 0.717) is 33.4 Å². The zero-order valence-corrected chi connectivity index (χ0v) is 20.6. The second-order valence-electron chi connectivity index (χ2n) is 7.21. The van der Waals surface area contributed by atoms with Crippen LogP contribution >= 0.6 is 11.3 Å². The van der Waals surface area contributed by atoms with Crippen molar-refractivity contribution in [3.05, 3.63) is 64.5 Å². The molecule has 7 nitrogen and oxygen atoms in total. The van der Waals surface area contributed by atoms with Gasteiger partial charge in [0.1, 0.15) is 16.3 Å². The summed E-state index contributed by atoms with van der Waals surface area (Å²) in [6.07, 6.45) is 3.04. The van der Waals surface area contributed by atoms with Gasteiger partial charge in [-0.15, -0.1) is 11.3 Å². The maximum Gasteiger partial charge on any atom is 0.341 e. The first kappa shape index (κ1) is 24.9. The van der Waals surface area contributed by atoms with E-state index in [0.717, 1.165) is 16.7 Å². The number of anilines is 1. The van der Waals surface area contributed by atoms with E-state index in [1.807, 2.05) is 36.6 Å². The third-order valence-electron chi connectivity index (χ3n) is 4.99. The van der Waals surface area contributed by atoms with Crippen molar-refractivity contribution in [2.75, 3.05) is 33.3 Å². The number of benzene rings is 2. The zero-order chi connectivity index (χ0) is 24.7. The molecule has 1 aromatic heterocycles. The minimum absolute atomic E-state index is 0.214. The summed E-state index contributed by atoms with van der Waals surface area (Å²) in [5.41, 5.74) is 3.46. The fourth-order valence-electron chi connectivity index (χ4n) is 3.37. The molecule has 0 spiro atoms. The summed E-state index contributed by atoms with van der Waals surface area (Å²) >= 11 is 1.25. The maximum absolute atomic E-state index is 12.8. The molecule has 0 saturated carbocycles. The van der Waals surface area contributed by atoms with Crippen molar-refractivity contribution in [2.45, 2.75) is 13.8 Å². The van der Waals surface area contributed by atoms with Crippen LogP contribution in [0.1, 0.15) is 28.4 Å². The SMILES string of the molecule is CCOC(=O)c1c(-c2cc(C)ccc2OC)csc1NC(=O)/C=C/c1ccc(OC)c(OC)c1. The average molecular weight is 482 g/mol. The van der Waals surface area contributed by atoms with E-state index in [9.17, 15) is 9.59 Å². The predicted octanol–water partition coefficient (Wildman–Crippen LogP) is 5.58. The molecule has 0 radical (unpaired) electrons. The lowest BCUT2D eigenvalue weighted by Crippen LogP contribution is -2.12. The molecule has 1 heterocycles. The van der Waals surface area contributed by atoms with Crippen LogP contribution in [-0.4, -0.2) is 39.8 Å². The summed E-state index contributed by atoms with van der Waals surface area (Å²) in [4.78, 5) is 25.5. The van der Waals surface area contributed by atoms with Crippen LogP contribution in [0, 0.1) is 6.92 Å². The molecule has 0 aliphatic rings. The lowest BCUT2D eigenvalue weighted by Gasteiger charge is -2.11. The molecule has 0 bridgehead atoms. The third-order valence-corrected chi connectivity index (χ3v) is 5.88. The summed E-state index contributed by atoms with van der Waals surface area (Å²) in [5, 5.41) is 5.03. The number of carbonyl (C=O) groups excluding carboxylic acids is 2. The highest BCUT2D eigenvalue weighted by atomic mass is 32.1. The minimum Gasteiger partial charge on any atom is -0.496 e. The highest BCUT2D eigenvalue weighted by molar-refractivity contribution is 7.15. The summed E-state index contributed by atoms with van der Waals surface area (Å²) in [6, 6.07) is 11.0. The van der Waals surface area contributed by atoms with Gasteiger partial charge in [-0.3, -0.25) is 4.79 Å². The third kappa shape index (κ3) is 5.58. The second-order valence-corrected chi connectivity index (χ2v) is 8.09. The van der Waals surface area contributed by atoms with Crippen molar-refractivity contribution in [2.24, 2.45) is 0 Å².